The Morgan fingerprint density at radius 2 is 2.12 bits per heavy atom. The molecule has 0 aliphatic rings. The molecule has 0 saturated heterocycles. The number of nitrogens with zero attached hydrogens (tertiary/aromatic N) is 3. The second-order valence-corrected chi connectivity index (χ2v) is 6.93. The molecule has 0 radical (unpaired) electrons. The van der Waals surface area contributed by atoms with E-state index in [1.54, 1.807) is 0 Å². The van der Waals surface area contributed by atoms with Crippen LogP contribution in [0.4, 0.5) is 0 Å². The van der Waals surface area contributed by atoms with Gasteiger partial charge < -0.3 is 0 Å². The van der Waals surface area contributed by atoms with E-state index in [-0.39, 0.29) is 3.86 Å². The van der Waals surface area contributed by atoms with Gasteiger partial charge in [-0.3, -0.25) is 4.68 Å². The molecule has 2 aromatic rings. The van der Waals surface area contributed by atoms with E-state index in [1.165, 1.54) is 11.4 Å². The van der Waals surface area contributed by atoms with E-state index >= 15 is 0 Å². The van der Waals surface area contributed by atoms with Crippen LogP contribution in [0.2, 0.25) is 0 Å². The summed E-state index contributed by atoms with van der Waals surface area (Å²) >= 11 is 7.04. The van der Waals surface area contributed by atoms with Gasteiger partial charge in [0.05, 0.1) is 5.69 Å². The maximum Gasteiger partial charge on any atom is 0.266 e. The molecule has 90 valence electrons. The molecular weight excluding hydrogens is 346 g/mol. The van der Waals surface area contributed by atoms with Gasteiger partial charge in [0.15, 0.2) is 6.20 Å². The number of halogens is 2. The highest BCUT2D eigenvalue weighted by Crippen LogP contribution is 2.16. The van der Waals surface area contributed by atoms with E-state index < -0.39 is 0 Å². The Bertz CT molecular complexity index is 520. The highest BCUT2D eigenvalue weighted by molar-refractivity contribution is 9.23. The fourth-order valence-electron chi connectivity index (χ4n) is 1.80. The zero-order valence-corrected chi connectivity index (χ0v) is 12.9. The third-order valence-corrected chi connectivity index (χ3v) is 3.49. The second-order valence-electron chi connectivity index (χ2n) is 3.96. The number of hydrogen-bond donors (Lipinski definition) is 0. The van der Waals surface area contributed by atoms with Gasteiger partial charge in [-0.05, 0) is 19.9 Å². The van der Waals surface area contributed by atoms with Gasteiger partial charge in [0.1, 0.15) is 6.54 Å². The van der Waals surface area contributed by atoms with Crippen molar-refractivity contribution >= 4 is 31.9 Å². The molecule has 17 heavy (non-hydrogen) atoms. The van der Waals surface area contributed by atoms with Crippen molar-refractivity contribution in [1.82, 2.24) is 9.78 Å². The lowest BCUT2D eigenvalue weighted by Crippen LogP contribution is -2.38. The van der Waals surface area contributed by atoms with E-state index in [2.05, 4.69) is 60.6 Å². The first-order valence-corrected chi connectivity index (χ1v) is 7.19. The van der Waals surface area contributed by atoms with Crippen molar-refractivity contribution in [3.8, 4) is 0 Å². The number of aryl methyl sites for hydroxylation is 2. The lowest BCUT2D eigenvalue weighted by Gasteiger charge is -2.06. The number of alkyl halides is 2. The van der Waals surface area contributed by atoms with Crippen LogP contribution in [0.5, 0.6) is 0 Å². The molecule has 3 nitrogen and oxygen atoms in total. The minimum atomic E-state index is 0.100. The number of pyridine rings is 1. The molecule has 0 fully saturated rings. The molecule has 0 amide bonds. The second kappa shape index (κ2) is 5.31. The monoisotopic (exact) mass is 358 g/mol. The van der Waals surface area contributed by atoms with Gasteiger partial charge in [-0.2, -0.15) is 9.67 Å². The molecule has 0 saturated carbocycles. The standard InChI is InChI=1S/C12H14Br2N3/c1-9-7-10(2)17(15-9)8-11-5-3-4-6-16(11)12(13)14/h3-7,12H,8H2,1-2H3/q+1. The molecule has 0 N–H and O–H groups in total. The summed E-state index contributed by atoms with van der Waals surface area (Å²) in [6, 6.07) is 8.25. The maximum absolute atomic E-state index is 4.48. The normalized spacial score (nSPS) is 11.1. The molecule has 0 aliphatic carbocycles. The largest absolute Gasteiger partial charge is 0.266 e. The molecule has 0 bridgehead atoms. The summed E-state index contributed by atoms with van der Waals surface area (Å²) in [6.07, 6.45) is 2.04. The Hall–Kier alpha value is -0.680. The highest BCUT2D eigenvalue weighted by atomic mass is 79.9. The molecule has 0 aromatic carbocycles. The van der Waals surface area contributed by atoms with Crippen molar-refractivity contribution in [2.75, 3.05) is 0 Å². The smallest absolute Gasteiger partial charge is 0.259 e. The fourth-order valence-corrected chi connectivity index (χ4v) is 2.60. The summed E-state index contributed by atoms with van der Waals surface area (Å²) in [6.45, 7) is 4.86. The Labute approximate surface area is 118 Å². The first kappa shape index (κ1) is 12.8. The predicted molar refractivity (Wildman–Crippen MR) is 74.3 cm³/mol. The lowest BCUT2D eigenvalue weighted by atomic mass is 10.3. The Morgan fingerprint density at radius 1 is 1.35 bits per heavy atom. The van der Waals surface area contributed by atoms with E-state index in [0.717, 1.165) is 12.2 Å². The zero-order chi connectivity index (χ0) is 12.4. The van der Waals surface area contributed by atoms with Crippen molar-refractivity contribution in [2.24, 2.45) is 0 Å². The van der Waals surface area contributed by atoms with Gasteiger partial charge in [0.2, 0.25) is 5.69 Å². The van der Waals surface area contributed by atoms with Crippen molar-refractivity contribution in [2.45, 2.75) is 24.3 Å². The minimum Gasteiger partial charge on any atom is -0.259 e. The highest BCUT2D eigenvalue weighted by Gasteiger charge is 2.16. The quantitative estimate of drug-likeness (QED) is 0.609. The average Bonchev–Trinajstić information content (AvgIpc) is 2.58. The van der Waals surface area contributed by atoms with Crippen LogP contribution in [-0.2, 0) is 6.54 Å². The van der Waals surface area contributed by atoms with E-state index in [9.17, 15) is 0 Å². The number of aromatic nitrogens is 3. The molecule has 0 atom stereocenters. The van der Waals surface area contributed by atoms with Gasteiger partial charge in [-0.15, -0.1) is 0 Å². The predicted octanol–water partition coefficient (Wildman–Crippen LogP) is 3.08. The summed E-state index contributed by atoms with van der Waals surface area (Å²) in [4.78, 5) is 0. The van der Waals surface area contributed by atoms with Crippen molar-refractivity contribution < 1.29 is 4.57 Å². The molecule has 0 aliphatic heterocycles. The summed E-state index contributed by atoms with van der Waals surface area (Å²) in [5.41, 5.74) is 3.43. The van der Waals surface area contributed by atoms with Crippen molar-refractivity contribution in [3.63, 3.8) is 0 Å². The molecule has 2 heterocycles. The van der Waals surface area contributed by atoms with E-state index in [1.807, 2.05) is 29.9 Å². The zero-order valence-electron chi connectivity index (χ0n) is 9.77. The molecule has 0 spiro atoms. The fraction of sp³-hybridized carbons (Fsp3) is 0.333. The van der Waals surface area contributed by atoms with E-state index in [4.69, 9.17) is 0 Å². The third-order valence-electron chi connectivity index (χ3n) is 2.60. The maximum atomic E-state index is 4.48. The molecular formula is C12H14Br2N3+. The minimum absolute atomic E-state index is 0.100. The SMILES string of the molecule is Cc1cc(C)n(Cc2cccc[n+]2C(Br)Br)n1. The van der Waals surface area contributed by atoms with Crippen LogP contribution in [0.1, 0.15) is 20.9 Å². The molecule has 2 rings (SSSR count). The molecule has 0 unspecified atom stereocenters. The van der Waals surface area contributed by atoms with Crippen LogP contribution in [0.15, 0.2) is 30.5 Å². The van der Waals surface area contributed by atoms with Crippen molar-refractivity contribution in [3.05, 3.63) is 47.5 Å². The van der Waals surface area contributed by atoms with Crippen LogP contribution in [0.25, 0.3) is 0 Å². The van der Waals surface area contributed by atoms with Crippen LogP contribution >= 0.6 is 31.9 Å². The number of rotatable bonds is 3. The van der Waals surface area contributed by atoms with E-state index in [0.29, 0.717) is 0 Å². The topological polar surface area (TPSA) is 21.7 Å². The summed E-state index contributed by atoms with van der Waals surface area (Å²) in [5, 5.41) is 4.48. The molecule has 5 heteroatoms. The average molecular weight is 360 g/mol. The summed E-state index contributed by atoms with van der Waals surface area (Å²) in [5.74, 6) is 0. The van der Waals surface area contributed by atoms with Gasteiger partial charge in [0, 0.05) is 49.7 Å². The first-order valence-electron chi connectivity index (χ1n) is 5.36. The summed E-state index contributed by atoms with van der Waals surface area (Å²) in [7, 11) is 0. The van der Waals surface area contributed by atoms with Crippen molar-refractivity contribution in [1.29, 1.82) is 0 Å². The van der Waals surface area contributed by atoms with Crippen LogP contribution < -0.4 is 4.57 Å². The number of hydrogen-bond acceptors (Lipinski definition) is 1. The summed E-state index contributed by atoms with van der Waals surface area (Å²) < 4.78 is 4.24. The van der Waals surface area contributed by atoms with Gasteiger partial charge >= 0.3 is 0 Å². The lowest BCUT2D eigenvalue weighted by molar-refractivity contribution is -0.682. The van der Waals surface area contributed by atoms with Crippen LogP contribution in [-0.4, -0.2) is 9.78 Å². The first-order chi connectivity index (χ1) is 8.08. The van der Waals surface area contributed by atoms with Crippen LogP contribution in [0.3, 0.4) is 0 Å². The Balaban J connectivity index is 2.33. The van der Waals surface area contributed by atoms with Gasteiger partial charge in [0.25, 0.3) is 3.86 Å². The Morgan fingerprint density at radius 3 is 2.71 bits per heavy atom. The molecule has 2 aromatic heterocycles. The Kier molecular flexibility index (Phi) is 3.99. The van der Waals surface area contributed by atoms with Gasteiger partial charge in [-0.25, -0.2) is 0 Å². The van der Waals surface area contributed by atoms with Gasteiger partial charge in [-0.1, -0.05) is 6.07 Å². The van der Waals surface area contributed by atoms with Crippen LogP contribution in [0, 0.1) is 13.8 Å². The third kappa shape index (κ3) is 2.96.